The minimum atomic E-state index is -4.97. The molecule has 0 spiro atoms. The highest BCUT2D eigenvalue weighted by Crippen LogP contribution is 2.37. The Morgan fingerprint density at radius 1 is 1.02 bits per heavy atom. The van der Waals surface area contributed by atoms with E-state index in [9.17, 15) is 31.1 Å². The molecule has 1 heterocycles. The molecule has 1 unspecified atom stereocenters. The number of nitrogens with two attached hydrogens (primary N) is 1. The van der Waals surface area contributed by atoms with Gasteiger partial charge < -0.3 is 20.2 Å². The van der Waals surface area contributed by atoms with Crippen LogP contribution in [0.2, 0.25) is 10.0 Å². The molecule has 226 valence electrons. The fraction of sp³-hybridized carbons (Fsp3) is 0.481. The second-order valence-corrected chi connectivity index (χ2v) is 10.5. The number of halogens is 8. The van der Waals surface area contributed by atoms with Crippen LogP contribution in [0.3, 0.4) is 0 Å². The molecule has 1 fully saturated rings. The normalized spacial score (nSPS) is 16.6. The molecule has 2 N–H and O–H groups in total. The van der Waals surface area contributed by atoms with Gasteiger partial charge in [-0.15, -0.1) is 0 Å². The summed E-state index contributed by atoms with van der Waals surface area (Å²) in [6.07, 6.45) is -8.18. The van der Waals surface area contributed by atoms with Crippen LogP contribution in [-0.4, -0.2) is 49.9 Å². The van der Waals surface area contributed by atoms with Crippen LogP contribution in [0.4, 0.5) is 26.3 Å². The van der Waals surface area contributed by atoms with Crippen LogP contribution >= 0.6 is 23.2 Å². The highest BCUT2D eigenvalue weighted by molar-refractivity contribution is 6.42. The third-order valence-electron chi connectivity index (χ3n) is 6.85. The van der Waals surface area contributed by atoms with Gasteiger partial charge in [0.25, 0.3) is 0 Å². The number of piperidine rings is 1. The Hall–Kier alpha value is -2.54. The maximum absolute atomic E-state index is 13.2. The Labute approximate surface area is 243 Å². The van der Waals surface area contributed by atoms with E-state index < -0.39 is 36.0 Å². The number of primary amides is 1. The molecular formula is C27H29Cl2F6N3O3. The Kier molecular flexibility index (Phi) is 11.3. The molecule has 0 saturated carbocycles. The van der Waals surface area contributed by atoms with Crippen molar-refractivity contribution in [3.8, 4) is 0 Å². The van der Waals surface area contributed by atoms with Crippen molar-refractivity contribution in [1.82, 2.24) is 4.90 Å². The van der Waals surface area contributed by atoms with Gasteiger partial charge in [-0.2, -0.15) is 26.3 Å². The highest BCUT2D eigenvalue weighted by Gasteiger charge is 2.37. The average molecular weight is 628 g/mol. The first-order valence-electron chi connectivity index (χ1n) is 12.6. The van der Waals surface area contributed by atoms with Crippen molar-refractivity contribution >= 4 is 34.8 Å². The Balaban J connectivity index is 1.79. The van der Waals surface area contributed by atoms with Crippen molar-refractivity contribution in [2.24, 2.45) is 16.8 Å². The smallest absolute Gasteiger partial charge is 0.399 e. The van der Waals surface area contributed by atoms with Gasteiger partial charge in [-0.25, -0.2) is 0 Å². The summed E-state index contributed by atoms with van der Waals surface area (Å²) in [5.74, 6) is -0.941. The van der Waals surface area contributed by atoms with Gasteiger partial charge in [0.05, 0.1) is 40.1 Å². The van der Waals surface area contributed by atoms with Gasteiger partial charge in [-0.1, -0.05) is 34.4 Å². The maximum Gasteiger partial charge on any atom is 0.416 e. The molecule has 3 rings (SSSR count). The molecule has 41 heavy (non-hydrogen) atoms. The number of rotatable bonds is 11. The zero-order valence-corrected chi connectivity index (χ0v) is 23.5. The van der Waals surface area contributed by atoms with Crippen molar-refractivity contribution in [2.75, 3.05) is 33.4 Å². The molecule has 0 radical (unpaired) electrons. The van der Waals surface area contributed by atoms with E-state index in [2.05, 4.69) is 10.1 Å². The van der Waals surface area contributed by atoms with Crippen molar-refractivity contribution in [3.05, 3.63) is 68.7 Å². The van der Waals surface area contributed by atoms with Crippen LogP contribution in [0.25, 0.3) is 0 Å². The number of alkyl halides is 6. The van der Waals surface area contributed by atoms with Gasteiger partial charge in [-0.05, 0) is 80.4 Å². The van der Waals surface area contributed by atoms with Crippen molar-refractivity contribution in [2.45, 2.75) is 44.1 Å². The van der Waals surface area contributed by atoms with Crippen LogP contribution in [-0.2, 0) is 33.3 Å². The number of nitrogens with zero attached hydrogens (tertiary/aromatic N) is 2. The summed E-state index contributed by atoms with van der Waals surface area (Å²) in [7, 11) is 1.31. The zero-order chi connectivity index (χ0) is 30.4. The second kappa shape index (κ2) is 14.1. The van der Waals surface area contributed by atoms with E-state index in [0.29, 0.717) is 67.3 Å². The molecule has 14 heteroatoms. The lowest BCUT2D eigenvalue weighted by Gasteiger charge is -2.31. The number of carbonyl (C=O) groups excluding carboxylic acids is 1. The SMILES string of the molecule is CON=C(COCc1cc(C(F)(F)F)cc(C(F)(F)F)c1)C(CCN1CCC(C(N)=O)CC1)c1ccc(Cl)c(Cl)c1. The number of amides is 1. The van der Waals surface area contributed by atoms with E-state index in [-0.39, 0.29) is 35.1 Å². The van der Waals surface area contributed by atoms with Gasteiger partial charge in [0.1, 0.15) is 7.11 Å². The average Bonchev–Trinajstić information content (AvgIpc) is 2.89. The second-order valence-electron chi connectivity index (χ2n) is 9.71. The molecule has 0 aromatic heterocycles. The summed E-state index contributed by atoms with van der Waals surface area (Å²) < 4.78 is 85.1. The standard InChI is InChI=1S/C27H29Cl2F6N3O3/c1-40-37-24(15-41-14-16-10-19(26(30,31)32)13-20(11-16)27(33,34)35)21(18-2-3-22(28)23(29)12-18)6-9-38-7-4-17(5-8-38)25(36)39/h2-3,10-13,17,21H,4-9,14-15H2,1H3,(H2,36,39). The van der Waals surface area contributed by atoms with Gasteiger partial charge in [0.2, 0.25) is 5.91 Å². The fourth-order valence-electron chi connectivity index (χ4n) is 4.69. The predicted molar refractivity (Wildman–Crippen MR) is 143 cm³/mol. The van der Waals surface area contributed by atoms with Crippen LogP contribution in [0, 0.1) is 5.92 Å². The summed E-state index contributed by atoms with van der Waals surface area (Å²) in [6.45, 7) is 1.12. The number of hydrogen-bond donors (Lipinski definition) is 1. The van der Waals surface area contributed by atoms with Crippen molar-refractivity contribution < 1.29 is 40.7 Å². The largest absolute Gasteiger partial charge is 0.416 e. The molecule has 2 aromatic carbocycles. The Morgan fingerprint density at radius 3 is 2.15 bits per heavy atom. The number of oxime groups is 1. The van der Waals surface area contributed by atoms with Crippen LogP contribution < -0.4 is 5.73 Å². The third-order valence-corrected chi connectivity index (χ3v) is 7.59. The number of benzene rings is 2. The van der Waals surface area contributed by atoms with E-state index >= 15 is 0 Å². The van der Waals surface area contributed by atoms with Crippen molar-refractivity contribution in [1.29, 1.82) is 0 Å². The van der Waals surface area contributed by atoms with E-state index in [1.807, 2.05) is 0 Å². The van der Waals surface area contributed by atoms with Gasteiger partial charge in [0.15, 0.2) is 0 Å². The van der Waals surface area contributed by atoms with Crippen molar-refractivity contribution in [3.63, 3.8) is 0 Å². The number of hydrogen-bond acceptors (Lipinski definition) is 5. The minimum absolute atomic E-state index is 0.0633. The Bertz CT molecular complexity index is 1200. The fourth-order valence-corrected chi connectivity index (χ4v) is 5.00. The molecular weight excluding hydrogens is 599 g/mol. The van der Waals surface area contributed by atoms with E-state index in [1.165, 1.54) is 7.11 Å². The molecule has 1 aliphatic heterocycles. The zero-order valence-electron chi connectivity index (χ0n) is 22.0. The summed E-state index contributed by atoms with van der Waals surface area (Å²) in [6, 6.07) is 6.31. The summed E-state index contributed by atoms with van der Waals surface area (Å²) in [5, 5.41) is 4.69. The van der Waals surface area contributed by atoms with Crippen LogP contribution in [0.1, 0.15) is 47.4 Å². The van der Waals surface area contributed by atoms with E-state index in [1.54, 1.807) is 18.2 Å². The van der Waals surface area contributed by atoms with Gasteiger partial charge in [0, 0.05) is 11.8 Å². The minimum Gasteiger partial charge on any atom is -0.399 e. The molecule has 2 aromatic rings. The first-order chi connectivity index (χ1) is 19.2. The molecule has 1 atom stereocenters. The van der Waals surface area contributed by atoms with E-state index in [4.69, 9.17) is 38.5 Å². The topological polar surface area (TPSA) is 77.2 Å². The lowest BCUT2D eigenvalue weighted by Crippen LogP contribution is -2.39. The Morgan fingerprint density at radius 2 is 1.63 bits per heavy atom. The summed E-state index contributed by atoms with van der Waals surface area (Å²) >= 11 is 12.3. The number of carbonyl (C=O) groups is 1. The molecule has 1 amide bonds. The molecule has 1 saturated heterocycles. The number of ether oxygens (including phenoxy) is 1. The first-order valence-corrected chi connectivity index (χ1v) is 13.4. The lowest BCUT2D eigenvalue weighted by atomic mass is 9.90. The molecule has 0 bridgehead atoms. The van der Waals surface area contributed by atoms with Gasteiger partial charge in [-0.3, -0.25) is 4.79 Å². The summed E-state index contributed by atoms with van der Waals surface area (Å²) in [5.41, 5.74) is 3.33. The van der Waals surface area contributed by atoms with Crippen LogP contribution in [0.15, 0.2) is 41.6 Å². The molecule has 6 nitrogen and oxygen atoms in total. The van der Waals surface area contributed by atoms with Gasteiger partial charge >= 0.3 is 12.4 Å². The molecule has 0 aliphatic carbocycles. The monoisotopic (exact) mass is 627 g/mol. The predicted octanol–water partition coefficient (Wildman–Crippen LogP) is 6.92. The molecule has 1 aliphatic rings. The first kappa shape index (κ1) is 33.0. The summed E-state index contributed by atoms with van der Waals surface area (Å²) in [4.78, 5) is 18.7. The lowest BCUT2D eigenvalue weighted by molar-refractivity contribution is -0.143. The maximum atomic E-state index is 13.2. The number of likely N-dealkylation sites (tertiary alicyclic amines) is 1. The highest BCUT2D eigenvalue weighted by atomic mass is 35.5. The quantitative estimate of drug-likeness (QED) is 0.167. The van der Waals surface area contributed by atoms with E-state index in [0.717, 1.165) is 0 Å². The van der Waals surface area contributed by atoms with Crippen LogP contribution in [0.5, 0.6) is 0 Å². The third kappa shape index (κ3) is 9.49.